The van der Waals surface area contributed by atoms with Crippen molar-refractivity contribution in [1.29, 1.82) is 0 Å². The molecule has 2 bridgehead atoms. The highest BCUT2D eigenvalue weighted by Crippen LogP contribution is 2.66. The highest BCUT2D eigenvalue weighted by Gasteiger charge is 2.64. The Morgan fingerprint density at radius 2 is 1.79 bits per heavy atom. The van der Waals surface area contributed by atoms with E-state index in [2.05, 4.69) is 20.8 Å². The van der Waals surface area contributed by atoms with E-state index >= 15 is 0 Å². The molecule has 8 atom stereocenters. The number of hydrogen-bond donors (Lipinski definition) is 0. The van der Waals surface area contributed by atoms with E-state index in [1.807, 2.05) is 7.11 Å². The molecule has 4 fully saturated rings. The van der Waals surface area contributed by atoms with Gasteiger partial charge in [0, 0.05) is 20.0 Å². The summed E-state index contributed by atoms with van der Waals surface area (Å²) in [6.45, 7) is 6.97. The lowest BCUT2D eigenvalue weighted by atomic mass is 9.51. The van der Waals surface area contributed by atoms with Gasteiger partial charge in [0.2, 0.25) is 0 Å². The van der Waals surface area contributed by atoms with Crippen LogP contribution in [0.1, 0.15) is 85.0 Å². The Hall–Kier alpha value is -0.610. The third-order valence-electron chi connectivity index (χ3n) is 9.69. The van der Waals surface area contributed by atoms with Crippen LogP contribution in [0.25, 0.3) is 0 Å². The van der Waals surface area contributed by atoms with Crippen LogP contribution < -0.4 is 0 Å². The highest BCUT2D eigenvalue weighted by atomic mass is 16.7. The van der Waals surface area contributed by atoms with E-state index < -0.39 is 0 Å². The highest BCUT2D eigenvalue weighted by molar-refractivity contribution is 5.72. The van der Waals surface area contributed by atoms with Crippen LogP contribution in [-0.2, 0) is 19.0 Å². The van der Waals surface area contributed by atoms with Crippen LogP contribution in [0.3, 0.4) is 0 Å². The molecule has 0 amide bonds. The average Bonchev–Trinajstić information content (AvgIpc) is 3.03. The number of esters is 1. The van der Waals surface area contributed by atoms with E-state index in [4.69, 9.17) is 14.2 Å². The molecule has 1 spiro atoms. The minimum Gasteiger partial charge on any atom is -0.469 e. The SMILES string of the molecule is COC(=O)[C@@H](C)[C@H]1CCC2C3CCCC[C@@]4(OC)CC[C@H](C)[C@]3(CC[C@@]21C)O4. The molecule has 4 nitrogen and oxygen atoms in total. The first kappa shape index (κ1) is 20.7. The second kappa shape index (κ2) is 7.27. The number of methoxy groups -OCH3 is 2. The molecule has 4 heteroatoms. The lowest BCUT2D eigenvalue weighted by Crippen LogP contribution is -2.63. The summed E-state index contributed by atoms with van der Waals surface area (Å²) in [5.74, 6) is 1.84. The average molecular weight is 393 g/mol. The molecule has 2 unspecified atom stereocenters. The van der Waals surface area contributed by atoms with Crippen LogP contribution in [0.2, 0.25) is 0 Å². The lowest BCUT2D eigenvalue weighted by Gasteiger charge is -2.62. The van der Waals surface area contributed by atoms with Crippen molar-refractivity contribution in [1.82, 2.24) is 0 Å². The second-order valence-corrected chi connectivity index (χ2v) is 10.6. The van der Waals surface area contributed by atoms with E-state index in [0.29, 0.717) is 23.7 Å². The first-order valence-corrected chi connectivity index (χ1v) is 11.6. The lowest BCUT2D eigenvalue weighted by molar-refractivity contribution is -0.353. The molecule has 4 aliphatic rings. The smallest absolute Gasteiger partial charge is 0.308 e. The zero-order valence-corrected chi connectivity index (χ0v) is 18.6. The fourth-order valence-electron chi connectivity index (χ4n) is 8.03. The number of fused-ring (bicyclic) bond motifs is 3. The maximum Gasteiger partial charge on any atom is 0.308 e. The number of rotatable bonds is 3. The van der Waals surface area contributed by atoms with E-state index in [-0.39, 0.29) is 28.7 Å². The Bertz CT molecular complexity index is 601. The maximum absolute atomic E-state index is 12.3. The topological polar surface area (TPSA) is 44.8 Å². The van der Waals surface area contributed by atoms with Crippen LogP contribution >= 0.6 is 0 Å². The Morgan fingerprint density at radius 1 is 1.00 bits per heavy atom. The van der Waals surface area contributed by atoms with E-state index in [1.165, 1.54) is 39.2 Å². The summed E-state index contributed by atoms with van der Waals surface area (Å²) in [6.07, 6.45) is 11.7. The third kappa shape index (κ3) is 2.88. The van der Waals surface area contributed by atoms with Gasteiger partial charge in [0.1, 0.15) is 0 Å². The van der Waals surface area contributed by atoms with Crippen LogP contribution in [0, 0.1) is 35.0 Å². The number of carbonyl (C=O) groups excluding carboxylic acids is 1. The Morgan fingerprint density at radius 3 is 2.50 bits per heavy atom. The third-order valence-corrected chi connectivity index (χ3v) is 9.69. The minimum absolute atomic E-state index is 0.00892. The number of carbonyl (C=O) groups is 1. The van der Waals surface area contributed by atoms with Gasteiger partial charge in [-0.1, -0.05) is 27.2 Å². The van der Waals surface area contributed by atoms with Gasteiger partial charge in [0.15, 0.2) is 5.79 Å². The molecule has 160 valence electrons. The van der Waals surface area contributed by atoms with E-state index in [9.17, 15) is 4.79 Å². The van der Waals surface area contributed by atoms with Crippen molar-refractivity contribution in [3.8, 4) is 0 Å². The van der Waals surface area contributed by atoms with Gasteiger partial charge in [0.05, 0.1) is 18.6 Å². The van der Waals surface area contributed by atoms with Gasteiger partial charge < -0.3 is 14.2 Å². The zero-order valence-electron chi connectivity index (χ0n) is 18.6. The molecule has 2 saturated carbocycles. The largest absolute Gasteiger partial charge is 0.469 e. The van der Waals surface area contributed by atoms with Crippen LogP contribution in [0.15, 0.2) is 0 Å². The second-order valence-electron chi connectivity index (χ2n) is 10.6. The van der Waals surface area contributed by atoms with Gasteiger partial charge in [-0.2, -0.15) is 0 Å². The van der Waals surface area contributed by atoms with E-state index in [0.717, 1.165) is 32.1 Å². The summed E-state index contributed by atoms with van der Waals surface area (Å²) in [6, 6.07) is 0. The Kier molecular flexibility index (Phi) is 5.36. The Labute approximate surface area is 171 Å². The molecule has 0 aromatic rings. The molecule has 0 aromatic heterocycles. The first-order valence-electron chi connectivity index (χ1n) is 11.6. The quantitative estimate of drug-likeness (QED) is 0.608. The molecule has 2 aliphatic heterocycles. The summed E-state index contributed by atoms with van der Waals surface area (Å²) >= 11 is 0. The predicted molar refractivity (Wildman–Crippen MR) is 109 cm³/mol. The normalized spacial score (nSPS) is 49.3. The van der Waals surface area contributed by atoms with Gasteiger partial charge in [-0.05, 0) is 74.0 Å². The van der Waals surface area contributed by atoms with Gasteiger partial charge in [-0.15, -0.1) is 0 Å². The van der Waals surface area contributed by atoms with E-state index in [1.54, 1.807) is 0 Å². The molecule has 28 heavy (non-hydrogen) atoms. The van der Waals surface area contributed by atoms with Crippen molar-refractivity contribution >= 4 is 5.97 Å². The molecule has 2 heterocycles. The van der Waals surface area contributed by atoms with Crippen LogP contribution in [0.4, 0.5) is 0 Å². The summed E-state index contributed by atoms with van der Waals surface area (Å²) in [5, 5.41) is 0. The van der Waals surface area contributed by atoms with Crippen molar-refractivity contribution in [2.24, 2.45) is 35.0 Å². The summed E-state index contributed by atoms with van der Waals surface area (Å²) < 4.78 is 18.2. The maximum atomic E-state index is 12.3. The van der Waals surface area contributed by atoms with Crippen molar-refractivity contribution < 1.29 is 19.0 Å². The summed E-state index contributed by atoms with van der Waals surface area (Å²) in [7, 11) is 3.37. The fraction of sp³-hybridized carbons (Fsp3) is 0.958. The van der Waals surface area contributed by atoms with Gasteiger partial charge in [-0.25, -0.2) is 0 Å². The molecular formula is C24H40O4. The minimum atomic E-state index is -0.365. The van der Waals surface area contributed by atoms with Crippen molar-refractivity contribution in [2.75, 3.05) is 14.2 Å². The molecule has 2 saturated heterocycles. The molecule has 0 radical (unpaired) electrons. The summed E-state index contributed by atoms with van der Waals surface area (Å²) in [5.41, 5.74) is 0.182. The van der Waals surface area contributed by atoms with Crippen LogP contribution in [0.5, 0.6) is 0 Å². The molecule has 2 aliphatic carbocycles. The summed E-state index contributed by atoms with van der Waals surface area (Å²) in [4.78, 5) is 12.3. The Balaban J connectivity index is 1.68. The molecule has 0 N–H and O–H groups in total. The van der Waals surface area contributed by atoms with Crippen LogP contribution in [-0.4, -0.2) is 31.6 Å². The molecule has 0 aromatic carbocycles. The predicted octanol–water partition coefficient (Wildman–Crippen LogP) is 5.34. The van der Waals surface area contributed by atoms with Crippen molar-refractivity contribution in [3.63, 3.8) is 0 Å². The fourth-order valence-corrected chi connectivity index (χ4v) is 8.03. The molecule has 4 rings (SSSR count). The number of hydrogen-bond acceptors (Lipinski definition) is 4. The first-order chi connectivity index (χ1) is 13.3. The van der Waals surface area contributed by atoms with Crippen molar-refractivity contribution in [3.05, 3.63) is 0 Å². The van der Waals surface area contributed by atoms with Crippen molar-refractivity contribution in [2.45, 2.75) is 96.4 Å². The molecular weight excluding hydrogens is 352 g/mol. The monoisotopic (exact) mass is 392 g/mol. The van der Waals surface area contributed by atoms with Gasteiger partial charge >= 0.3 is 5.97 Å². The zero-order chi connectivity index (χ0) is 20.2. The van der Waals surface area contributed by atoms with Gasteiger partial charge in [-0.3, -0.25) is 4.79 Å². The van der Waals surface area contributed by atoms with Gasteiger partial charge in [0.25, 0.3) is 0 Å². The standard InChI is InChI=1S/C24H40O4/c1-16-11-13-23(27-5)12-7-6-8-20-19-10-9-18(17(2)21(25)26-4)22(19,3)14-15-24(16,20)28-23/h16-20H,6-15H2,1-5H3/t16-,17-,18+,19?,20?,22+,23-,24-/m0/s1. The number of ether oxygens (including phenoxy) is 3.